The minimum absolute atomic E-state index is 0.00185. The third-order valence-corrected chi connectivity index (χ3v) is 11.6. The molecule has 0 radical (unpaired) electrons. The first-order chi connectivity index (χ1) is 21.1. The van der Waals surface area contributed by atoms with E-state index in [1.807, 2.05) is 0 Å². The smallest absolute Gasteiger partial charge is 0.166 e. The van der Waals surface area contributed by atoms with Crippen LogP contribution in [0.1, 0.15) is 125 Å². The zero-order chi connectivity index (χ0) is 31.3. The predicted molar refractivity (Wildman–Crippen MR) is 173 cm³/mol. The summed E-state index contributed by atoms with van der Waals surface area (Å²) in [5.41, 5.74) is 2.55. The molecule has 2 saturated carbocycles. The lowest BCUT2D eigenvalue weighted by molar-refractivity contribution is -0.0945. The normalized spacial score (nSPS) is 32.8. The number of hydrogen-bond donors (Lipinski definition) is 4. The third-order valence-electron chi connectivity index (χ3n) is 11.6. The lowest BCUT2D eigenvalue weighted by Crippen LogP contribution is -2.55. The highest BCUT2D eigenvalue weighted by Gasteiger charge is 2.57. The SMILES string of the molecule is CC1=CCCC2(C)C(CCC2(O)CN(CC(O)CO)CC2CCCO2)c2ccc(cc2C(=O)C2CCCCC2)CC(O)CC1. The van der Waals surface area contributed by atoms with Crippen molar-refractivity contribution in [3.63, 3.8) is 0 Å². The van der Waals surface area contributed by atoms with Gasteiger partial charge in [-0.1, -0.05) is 50.0 Å². The summed E-state index contributed by atoms with van der Waals surface area (Å²) >= 11 is 0. The van der Waals surface area contributed by atoms with Gasteiger partial charge in [-0.15, -0.1) is 0 Å². The minimum Gasteiger partial charge on any atom is -0.394 e. The fourth-order valence-corrected chi connectivity index (χ4v) is 8.80. The molecule has 4 aliphatic carbocycles. The highest BCUT2D eigenvalue weighted by atomic mass is 16.5. The lowest BCUT2D eigenvalue weighted by Gasteiger charge is -2.46. The summed E-state index contributed by atoms with van der Waals surface area (Å²) in [5.74, 6) is 0.279. The van der Waals surface area contributed by atoms with E-state index in [-0.39, 0.29) is 36.9 Å². The van der Waals surface area contributed by atoms with E-state index in [1.165, 1.54) is 12.0 Å². The van der Waals surface area contributed by atoms with Crippen molar-refractivity contribution >= 4 is 5.78 Å². The molecule has 0 spiro atoms. The van der Waals surface area contributed by atoms with Gasteiger partial charge in [0.15, 0.2) is 5.78 Å². The summed E-state index contributed by atoms with van der Waals surface area (Å²) in [6, 6.07) is 6.31. The Hall–Kier alpha value is -1.61. The molecule has 6 rings (SSSR count). The Morgan fingerprint density at radius 3 is 2.61 bits per heavy atom. The Morgan fingerprint density at radius 2 is 1.89 bits per heavy atom. The van der Waals surface area contributed by atoms with Crippen LogP contribution in [-0.4, -0.2) is 87.9 Å². The van der Waals surface area contributed by atoms with Crippen LogP contribution in [0, 0.1) is 11.3 Å². The second kappa shape index (κ2) is 14.9. The van der Waals surface area contributed by atoms with Crippen molar-refractivity contribution in [1.29, 1.82) is 0 Å². The molecule has 3 fully saturated rings. The van der Waals surface area contributed by atoms with E-state index in [0.717, 1.165) is 87.5 Å². The largest absolute Gasteiger partial charge is 0.394 e. The van der Waals surface area contributed by atoms with E-state index in [2.05, 4.69) is 43.0 Å². The molecule has 4 N–H and O–H groups in total. The van der Waals surface area contributed by atoms with Crippen LogP contribution in [0.15, 0.2) is 29.8 Å². The number of benzene rings is 1. The standard InChI is InChI=1S/C37H57NO6/c1-26-8-6-17-36(2)34(16-18-37(36,43)25-38(22-30(41)24-39)23-31-11-7-19-44-31)32-15-13-27(20-29(40)14-12-26)21-33(32)35(42)28-9-4-3-5-10-28/h8,13,15,21,28-31,34,39-41,43H,3-7,9-12,14,16-20,22-25H2,1-2H3. The van der Waals surface area contributed by atoms with Crippen molar-refractivity contribution in [3.05, 3.63) is 46.5 Å². The van der Waals surface area contributed by atoms with Crippen LogP contribution in [0.3, 0.4) is 0 Å². The number of rotatable bonds is 9. The van der Waals surface area contributed by atoms with Crippen LogP contribution >= 0.6 is 0 Å². The van der Waals surface area contributed by atoms with Crippen molar-refractivity contribution in [2.24, 2.45) is 11.3 Å². The summed E-state index contributed by atoms with van der Waals surface area (Å²) < 4.78 is 5.95. The fourth-order valence-electron chi connectivity index (χ4n) is 8.80. The third kappa shape index (κ3) is 7.67. The number of hydrogen-bond acceptors (Lipinski definition) is 7. The molecule has 0 aromatic heterocycles. The van der Waals surface area contributed by atoms with Crippen LogP contribution in [0.25, 0.3) is 0 Å². The van der Waals surface area contributed by atoms with Crippen molar-refractivity contribution < 1.29 is 30.0 Å². The summed E-state index contributed by atoms with van der Waals surface area (Å²) in [6.07, 6.45) is 13.2. The van der Waals surface area contributed by atoms with E-state index in [4.69, 9.17) is 4.74 Å². The van der Waals surface area contributed by atoms with Gasteiger partial charge in [0, 0.05) is 43.1 Å². The van der Waals surface area contributed by atoms with Gasteiger partial charge in [0.2, 0.25) is 0 Å². The number of Topliss-reactive ketones (excluding diaryl/α,β-unsaturated/α-hetero) is 1. The van der Waals surface area contributed by atoms with E-state index in [0.29, 0.717) is 32.4 Å². The van der Waals surface area contributed by atoms with Gasteiger partial charge in [0.25, 0.3) is 0 Å². The van der Waals surface area contributed by atoms with Gasteiger partial charge in [-0.3, -0.25) is 9.69 Å². The number of carbonyl (C=O) groups excluding carboxylic acids is 1. The molecule has 6 atom stereocenters. The quantitative estimate of drug-likeness (QED) is 0.221. The molecular weight excluding hydrogens is 554 g/mol. The van der Waals surface area contributed by atoms with E-state index >= 15 is 0 Å². The number of nitrogens with zero attached hydrogens (tertiary/aromatic N) is 1. The molecule has 7 nitrogen and oxygen atoms in total. The predicted octanol–water partition coefficient (Wildman–Crippen LogP) is 5.32. The maximum Gasteiger partial charge on any atom is 0.166 e. The Bertz CT molecular complexity index is 1140. The van der Waals surface area contributed by atoms with Crippen LogP contribution in [0.5, 0.6) is 0 Å². The molecule has 5 aliphatic rings. The van der Waals surface area contributed by atoms with Gasteiger partial charge in [-0.25, -0.2) is 0 Å². The zero-order valence-corrected chi connectivity index (χ0v) is 27.2. The Morgan fingerprint density at radius 1 is 1.09 bits per heavy atom. The average Bonchev–Trinajstić information content (AvgIpc) is 3.61. The van der Waals surface area contributed by atoms with Crippen LogP contribution in [-0.2, 0) is 11.2 Å². The first kappa shape index (κ1) is 33.7. The summed E-state index contributed by atoms with van der Waals surface area (Å²) in [7, 11) is 0. The molecule has 1 heterocycles. The first-order valence-electron chi connectivity index (χ1n) is 17.5. The average molecular weight is 612 g/mol. The second-order valence-electron chi connectivity index (χ2n) is 14.8. The van der Waals surface area contributed by atoms with Crippen LogP contribution in [0.2, 0.25) is 0 Å². The van der Waals surface area contributed by atoms with E-state index in [1.54, 1.807) is 0 Å². The topological polar surface area (TPSA) is 110 Å². The molecule has 1 aromatic carbocycles. The second-order valence-corrected chi connectivity index (χ2v) is 14.8. The van der Waals surface area contributed by atoms with Gasteiger partial charge in [0.1, 0.15) is 0 Å². The molecule has 7 heteroatoms. The van der Waals surface area contributed by atoms with Crippen molar-refractivity contribution in [2.75, 3.05) is 32.8 Å². The number of aliphatic hydroxyl groups is 4. The van der Waals surface area contributed by atoms with Gasteiger partial charge < -0.3 is 25.2 Å². The summed E-state index contributed by atoms with van der Waals surface area (Å²) in [5, 5.41) is 43.8. The number of aliphatic hydroxyl groups excluding tert-OH is 3. The number of allylic oxidation sites excluding steroid dienone is 2. The molecule has 246 valence electrons. The van der Waals surface area contributed by atoms with Crippen LogP contribution < -0.4 is 0 Å². The van der Waals surface area contributed by atoms with Crippen LogP contribution in [0.4, 0.5) is 0 Å². The van der Waals surface area contributed by atoms with E-state index < -0.39 is 23.2 Å². The molecule has 44 heavy (non-hydrogen) atoms. The zero-order valence-electron chi connectivity index (χ0n) is 27.2. The van der Waals surface area contributed by atoms with Gasteiger partial charge >= 0.3 is 0 Å². The molecule has 6 unspecified atom stereocenters. The van der Waals surface area contributed by atoms with Crippen molar-refractivity contribution in [3.8, 4) is 0 Å². The minimum atomic E-state index is -1.05. The Kier molecular flexibility index (Phi) is 11.4. The highest BCUT2D eigenvalue weighted by Crippen LogP contribution is 2.59. The Labute approximate surface area is 264 Å². The Balaban J connectivity index is 1.53. The summed E-state index contributed by atoms with van der Waals surface area (Å²) in [4.78, 5) is 16.3. The summed E-state index contributed by atoms with van der Waals surface area (Å²) in [6.45, 7) is 6.05. The fraction of sp³-hybridized carbons (Fsp3) is 0.757. The van der Waals surface area contributed by atoms with Crippen molar-refractivity contribution in [2.45, 2.75) is 134 Å². The molecule has 1 saturated heterocycles. The number of fused-ring (bicyclic) bond motifs is 8. The monoisotopic (exact) mass is 611 g/mol. The molecular formula is C37H57NO6. The first-order valence-corrected chi connectivity index (χ1v) is 17.5. The number of ketones is 1. The van der Waals surface area contributed by atoms with Gasteiger partial charge in [-0.2, -0.15) is 0 Å². The van der Waals surface area contributed by atoms with Gasteiger partial charge in [0.05, 0.1) is 30.5 Å². The lowest BCUT2D eigenvalue weighted by atomic mass is 9.64. The molecule has 1 aliphatic heterocycles. The molecule has 2 bridgehead atoms. The van der Waals surface area contributed by atoms with E-state index in [9.17, 15) is 25.2 Å². The molecule has 0 amide bonds. The maximum absolute atomic E-state index is 14.2. The maximum atomic E-state index is 14.2. The van der Waals surface area contributed by atoms with Crippen molar-refractivity contribution in [1.82, 2.24) is 4.90 Å². The number of ether oxygens (including phenoxy) is 1. The van der Waals surface area contributed by atoms with Gasteiger partial charge in [-0.05, 0) is 101 Å². The molecule has 1 aromatic rings. The highest BCUT2D eigenvalue weighted by molar-refractivity contribution is 5.99. The number of carbonyl (C=O) groups is 1.